The molecular formula is C12H16Br2N2O3S. The van der Waals surface area contributed by atoms with E-state index in [4.69, 9.17) is 5.73 Å². The van der Waals surface area contributed by atoms with E-state index in [0.717, 1.165) is 12.8 Å². The second kappa shape index (κ2) is 6.31. The Balaban J connectivity index is 2.49. The number of nitrogens with two attached hydrogens (primary N) is 1. The molecule has 0 spiro atoms. The predicted molar refractivity (Wildman–Crippen MR) is 84.9 cm³/mol. The first-order valence-electron chi connectivity index (χ1n) is 6.25. The van der Waals surface area contributed by atoms with Gasteiger partial charge in [-0.05, 0) is 56.8 Å². The van der Waals surface area contributed by atoms with Crippen molar-refractivity contribution in [3.63, 3.8) is 0 Å². The average Bonchev–Trinajstić information content (AvgIpc) is 2.37. The smallest absolute Gasteiger partial charge is 0.245 e. The number of benzene rings is 1. The van der Waals surface area contributed by atoms with Gasteiger partial charge in [0.25, 0.3) is 0 Å². The minimum absolute atomic E-state index is 0.159. The van der Waals surface area contributed by atoms with Crippen molar-refractivity contribution in [2.24, 2.45) is 0 Å². The number of rotatable bonds is 3. The van der Waals surface area contributed by atoms with Crippen LogP contribution in [0.2, 0.25) is 0 Å². The van der Waals surface area contributed by atoms with Gasteiger partial charge in [0, 0.05) is 27.2 Å². The van der Waals surface area contributed by atoms with E-state index >= 15 is 0 Å². The molecule has 8 heteroatoms. The first-order chi connectivity index (χ1) is 9.37. The standard InChI is InChI=1S/C12H16Br2N2O3S/c13-10-5-8(15)6-11(14)12(10)20(18,19)16-4-2-1-3-9(16)7-17/h5-6,9,17H,1-4,7,15H2. The summed E-state index contributed by atoms with van der Waals surface area (Å²) in [6.07, 6.45) is 2.42. The van der Waals surface area contributed by atoms with Crippen molar-refractivity contribution in [3.05, 3.63) is 21.1 Å². The van der Waals surface area contributed by atoms with Crippen LogP contribution in [-0.4, -0.2) is 37.0 Å². The van der Waals surface area contributed by atoms with Crippen LogP contribution in [0.3, 0.4) is 0 Å². The van der Waals surface area contributed by atoms with E-state index in [2.05, 4.69) is 31.9 Å². The Morgan fingerprint density at radius 2 is 1.90 bits per heavy atom. The van der Waals surface area contributed by atoms with Crippen molar-refractivity contribution in [3.8, 4) is 0 Å². The van der Waals surface area contributed by atoms with Gasteiger partial charge in [-0.25, -0.2) is 8.42 Å². The van der Waals surface area contributed by atoms with Crippen molar-refractivity contribution >= 4 is 47.6 Å². The van der Waals surface area contributed by atoms with E-state index in [9.17, 15) is 13.5 Å². The first-order valence-corrected chi connectivity index (χ1v) is 9.27. The van der Waals surface area contributed by atoms with Crippen LogP contribution >= 0.6 is 31.9 Å². The summed E-state index contributed by atoms with van der Waals surface area (Å²) in [4.78, 5) is 0.159. The largest absolute Gasteiger partial charge is 0.399 e. The molecule has 1 aliphatic rings. The summed E-state index contributed by atoms with van der Waals surface area (Å²) in [6, 6.07) is 2.77. The second-order valence-electron chi connectivity index (χ2n) is 4.76. The zero-order valence-corrected chi connectivity index (χ0v) is 14.7. The van der Waals surface area contributed by atoms with Gasteiger partial charge < -0.3 is 10.8 Å². The highest BCUT2D eigenvalue weighted by molar-refractivity contribution is 9.11. The molecule has 1 atom stereocenters. The zero-order valence-electron chi connectivity index (χ0n) is 10.7. The molecule has 1 aromatic rings. The van der Waals surface area contributed by atoms with Gasteiger partial charge in [0.15, 0.2) is 0 Å². The average molecular weight is 428 g/mol. The number of anilines is 1. The summed E-state index contributed by atoms with van der Waals surface area (Å²) >= 11 is 6.53. The lowest BCUT2D eigenvalue weighted by Crippen LogP contribution is -2.45. The Bertz CT molecular complexity index is 584. The molecule has 1 aliphatic heterocycles. The fourth-order valence-electron chi connectivity index (χ4n) is 2.42. The molecular weight excluding hydrogens is 412 g/mol. The van der Waals surface area contributed by atoms with Gasteiger partial charge in [-0.3, -0.25) is 0 Å². The number of aliphatic hydroxyl groups is 1. The maximum atomic E-state index is 12.8. The number of piperidine rings is 1. The molecule has 3 N–H and O–H groups in total. The monoisotopic (exact) mass is 426 g/mol. The van der Waals surface area contributed by atoms with Crippen LogP contribution in [-0.2, 0) is 10.0 Å². The van der Waals surface area contributed by atoms with Gasteiger partial charge >= 0.3 is 0 Å². The molecule has 0 radical (unpaired) electrons. The number of nitrogen functional groups attached to an aromatic ring is 1. The van der Waals surface area contributed by atoms with E-state index in [-0.39, 0.29) is 17.5 Å². The lowest BCUT2D eigenvalue weighted by Gasteiger charge is -2.34. The van der Waals surface area contributed by atoms with Crippen molar-refractivity contribution < 1.29 is 13.5 Å². The summed E-state index contributed by atoms with van der Waals surface area (Å²) < 4.78 is 27.9. The Morgan fingerprint density at radius 1 is 1.30 bits per heavy atom. The highest BCUT2D eigenvalue weighted by Gasteiger charge is 2.35. The van der Waals surface area contributed by atoms with Gasteiger partial charge in [-0.1, -0.05) is 6.42 Å². The Morgan fingerprint density at radius 3 is 2.45 bits per heavy atom. The summed E-state index contributed by atoms with van der Waals surface area (Å²) in [5.41, 5.74) is 6.17. The van der Waals surface area contributed by atoms with E-state index in [1.165, 1.54) is 4.31 Å². The van der Waals surface area contributed by atoms with Crippen molar-refractivity contribution in [2.75, 3.05) is 18.9 Å². The summed E-state index contributed by atoms with van der Waals surface area (Å²) in [6.45, 7) is 0.264. The molecule has 0 aromatic heterocycles. The Kier molecular flexibility index (Phi) is 5.12. The number of nitrogens with zero attached hydrogens (tertiary/aromatic N) is 1. The Labute approximate surface area is 135 Å². The SMILES string of the molecule is Nc1cc(Br)c(S(=O)(=O)N2CCCCC2CO)c(Br)c1. The highest BCUT2D eigenvalue weighted by Crippen LogP contribution is 2.36. The zero-order chi connectivity index (χ0) is 14.9. The summed E-state index contributed by atoms with van der Waals surface area (Å²) in [7, 11) is -3.68. The number of aliphatic hydroxyl groups excluding tert-OH is 1. The fraction of sp³-hybridized carbons (Fsp3) is 0.500. The van der Waals surface area contributed by atoms with E-state index in [1.807, 2.05) is 0 Å². The maximum absolute atomic E-state index is 12.8. The van der Waals surface area contributed by atoms with E-state index in [1.54, 1.807) is 12.1 Å². The highest BCUT2D eigenvalue weighted by atomic mass is 79.9. The molecule has 0 amide bonds. The van der Waals surface area contributed by atoms with Crippen LogP contribution in [0.5, 0.6) is 0 Å². The van der Waals surface area contributed by atoms with Crippen LogP contribution in [0.25, 0.3) is 0 Å². The molecule has 20 heavy (non-hydrogen) atoms. The van der Waals surface area contributed by atoms with Gasteiger partial charge in [0.1, 0.15) is 4.90 Å². The first kappa shape index (κ1) is 16.2. The number of hydrogen-bond acceptors (Lipinski definition) is 4. The van der Waals surface area contributed by atoms with Crippen LogP contribution in [0, 0.1) is 0 Å². The number of sulfonamides is 1. The lowest BCUT2D eigenvalue weighted by atomic mass is 10.1. The van der Waals surface area contributed by atoms with Crippen molar-refractivity contribution in [1.82, 2.24) is 4.31 Å². The fourth-order valence-corrected chi connectivity index (χ4v) is 6.64. The van der Waals surface area contributed by atoms with Gasteiger partial charge in [-0.15, -0.1) is 0 Å². The summed E-state index contributed by atoms with van der Waals surface area (Å²) in [5.74, 6) is 0. The topological polar surface area (TPSA) is 83.6 Å². The molecule has 112 valence electrons. The third-order valence-electron chi connectivity index (χ3n) is 3.37. The molecule has 0 aliphatic carbocycles. The van der Waals surface area contributed by atoms with E-state index in [0.29, 0.717) is 27.6 Å². The quantitative estimate of drug-likeness (QED) is 0.725. The second-order valence-corrected chi connectivity index (χ2v) is 8.30. The minimum Gasteiger partial charge on any atom is -0.399 e. The lowest BCUT2D eigenvalue weighted by molar-refractivity contribution is 0.155. The summed E-state index contributed by atoms with van der Waals surface area (Å²) in [5, 5.41) is 9.40. The molecule has 1 aromatic carbocycles. The van der Waals surface area contributed by atoms with Gasteiger partial charge in [0.05, 0.1) is 6.61 Å². The number of halogens is 2. The molecule has 1 heterocycles. The molecule has 1 unspecified atom stereocenters. The molecule has 0 bridgehead atoms. The number of hydrogen-bond donors (Lipinski definition) is 2. The normalized spacial score (nSPS) is 21.1. The van der Waals surface area contributed by atoms with E-state index < -0.39 is 10.0 Å². The molecule has 1 fully saturated rings. The third-order valence-corrected chi connectivity index (χ3v) is 7.20. The third kappa shape index (κ3) is 3.04. The molecule has 0 saturated carbocycles. The van der Waals surface area contributed by atoms with Crippen LogP contribution < -0.4 is 5.73 Å². The van der Waals surface area contributed by atoms with Crippen LogP contribution in [0.4, 0.5) is 5.69 Å². The molecule has 2 rings (SSSR count). The van der Waals surface area contributed by atoms with Gasteiger partial charge in [0.2, 0.25) is 10.0 Å². The van der Waals surface area contributed by atoms with Crippen LogP contribution in [0.15, 0.2) is 26.0 Å². The maximum Gasteiger partial charge on any atom is 0.245 e. The molecule has 5 nitrogen and oxygen atoms in total. The Hall–Kier alpha value is -0.150. The van der Waals surface area contributed by atoms with Crippen molar-refractivity contribution in [2.45, 2.75) is 30.2 Å². The predicted octanol–water partition coefficient (Wildman–Crippen LogP) is 2.33. The van der Waals surface area contributed by atoms with Crippen molar-refractivity contribution in [1.29, 1.82) is 0 Å². The molecule has 1 saturated heterocycles. The minimum atomic E-state index is -3.68. The van der Waals surface area contributed by atoms with Gasteiger partial charge in [-0.2, -0.15) is 4.31 Å². The van der Waals surface area contributed by atoms with Crippen LogP contribution in [0.1, 0.15) is 19.3 Å².